The third kappa shape index (κ3) is 2.82. The molecule has 1 aliphatic rings. The fourth-order valence-electron chi connectivity index (χ4n) is 1.70. The van der Waals surface area contributed by atoms with Crippen LogP contribution in [0.15, 0.2) is 35.4 Å². The van der Waals surface area contributed by atoms with E-state index in [0.717, 1.165) is 18.1 Å². The van der Waals surface area contributed by atoms with Gasteiger partial charge in [-0.25, -0.2) is 4.31 Å². The monoisotopic (exact) mass is 253 g/mol. The molecule has 0 amide bonds. The van der Waals surface area contributed by atoms with E-state index in [-0.39, 0.29) is 0 Å². The maximum atomic E-state index is 6.30. The lowest BCUT2D eigenvalue weighted by Gasteiger charge is -2.13. The Labute approximate surface area is 107 Å². The van der Waals surface area contributed by atoms with Crippen LogP contribution >= 0.6 is 23.5 Å². The lowest BCUT2D eigenvalue weighted by molar-refractivity contribution is 0.504. The van der Waals surface area contributed by atoms with Gasteiger partial charge in [-0.05, 0) is 23.9 Å². The smallest absolute Gasteiger partial charge is 0.0486 e. The van der Waals surface area contributed by atoms with Gasteiger partial charge in [0.05, 0.1) is 0 Å². The molecule has 0 radical (unpaired) electrons. The average molecular weight is 254 g/mol. The minimum Gasteiger partial charge on any atom is -0.241 e. The minimum atomic E-state index is 0.885. The van der Waals surface area contributed by atoms with Crippen molar-refractivity contribution >= 4 is 28.5 Å². The zero-order chi connectivity index (χ0) is 11.4. The molecule has 0 atom stereocenters. The molecule has 1 heterocycles. The first-order valence-electron chi connectivity index (χ1n) is 5.68. The molecule has 0 spiro atoms. The van der Waals surface area contributed by atoms with Crippen molar-refractivity contribution in [3.63, 3.8) is 0 Å². The Hall–Kier alpha value is -0.440. The van der Waals surface area contributed by atoms with Gasteiger partial charge in [0.2, 0.25) is 0 Å². The van der Waals surface area contributed by atoms with Gasteiger partial charge in [-0.2, -0.15) is 0 Å². The van der Waals surface area contributed by atoms with Crippen molar-refractivity contribution in [2.45, 2.75) is 19.8 Å². The van der Waals surface area contributed by atoms with Crippen LogP contribution in [-0.4, -0.2) is 17.4 Å². The van der Waals surface area contributed by atoms with E-state index in [4.69, 9.17) is 11.6 Å². The van der Waals surface area contributed by atoms with E-state index in [2.05, 4.69) is 35.5 Å². The van der Waals surface area contributed by atoms with Crippen LogP contribution in [-0.2, 0) is 0 Å². The van der Waals surface area contributed by atoms with Gasteiger partial charge in [-0.15, -0.1) is 0 Å². The maximum Gasteiger partial charge on any atom is 0.0486 e. The van der Waals surface area contributed by atoms with E-state index in [9.17, 15) is 0 Å². The van der Waals surface area contributed by atoms with Gasteiger partial charge in [-0.1, -0.05) is 55.3 Å². The second-order valence-corrected chi connectivity index (χ2v) is 5.47. The molecule has 1 nitrogen and oxygen atoms in total. The van der Waals surface area contributed by atoms with Crippen LogP contribution in [0.3, 0.4) is 0 Å². The molecule has 1 aromatic carbocycles. The van der Waals surface area contributed by atoms with Gasteiger partial charge in [0, 0.05) is 23.0 Å². The van der Waals surface area contributed by atoms with Crippen LogP contribution in [0.5, 0.6) is 0 Å². The molecule has 1 aromatic rings. The Bertz CT molecular complexity index is 375. The molecule has 0 aliphatic carbocycles. The van der Waals surface area contributed by atoms with E-state index in [1.165, 1.54) is 23.3 Å². The highest BCUT2D eigenvalue weighted by atomic mass is 35.5. The minimum absolute atomic E-state index is 0.885. The third-order valence-electron chi connectivity index (χ3n) is 2.58. The highest BCUT2D eigenvalue weighted by Gasteiger charge is 2.22. The Morgan fingerprint density at radius 1 is 1.31 bits per heavy atom. The lowest BCUT2D eigenvalue weighted by atomic mass is 10.2. The Balaban J connectivity index is 2.04. The van der Waals surface area contributed by atoms with Gasteiger partial charge in [0.1, 0.15) is 0 Å². The normalized spacial score (nSPS) is 17.1. The molecule has 0 bridgehead atoms. The molecule has 0 unspecified atom stereocenters. The van der Waals surface area contributed by atoms with Crippen molar-refractivity contribution in [1.82, 2.24) is 4.31 Å². The summed E-state index contributed by atoms with van der Waals surface area (Å²) in [4.78, 5) is 1.22. The van der Waals surface area contributed by atoms with Gasteiger partial charge in [0.25, 0.3) is 0 Å². The van der Waals surface area contributed by atoms with E-state index in [1.54, 1.807) is 11.9 Å². The van der Waals surface area contributed by atoms with Gasteiger partial charge in [-0.3, -0.25) is 0 Å². The molecular weight excluding hydrogens is 238 g/mol. The molecule has 1 aliphatic heterocycles. The molecule has 3 heteroatoms. The molecule has 0 saturated carbocycles. The van der Waals surface area contributed by atoms with E-state index in [0.29, 0.717) is 0 Å². The van der Waals surface area contributed by atoms with Gasteiger partial charge < -0.3 is 0 Å². The third-order valence-corrected chi connectivity index (χ3v) is 4.23. The van der Waals surface area contributed by atoms with Crippen molar-refractivity contribution in [3.8, 4) is 0 Å². The number of nitrogens with zero attached hydrogens (tertiary/aromatic N) is 1. The highest BCUT2D eigenvalue weighted by Crippen LogP contribution is 2.41. The maximum absolute atomic E-state index is 6.30. The van der Waals surface area contributed by atoms with Crippen LogP contribution in [0.2, 0.25) is 0 Å². The van der Waals surface area contributed by atoms with E-state index >= 15 is 0 Å². The van der Waals surface area contributed by atoms with Crippen molar-refractivity contribution in [2.24, 2.45) is 0 Å². The zero-order valence-electron chi connectivity index (χ0n) is 9.45. The topological polar surface area (TPSA) is 3.24 Å². The molecule has 2 rings (SSSR count). The largest absolute Gasteiger partial charge is 0.241 e. The van der Waals surface area contributed by atoms with Crippen LogP contribution < -0.4 is 0 Å². The summed E-state index contributed by atoms with van der Waals surface area (Å²) in [6.07, 6.45) is 2.47. The van der Waals surface area contributed by atoms with Crippen LogP contribution in [0.1, 0.15) is 25.3 Å². The predicted octanol–water partition coefficient (Wildman–Crippen LogP) is 4.36. The number of hydrogen-bond acceptors (Lipinski definition) is 2. The summed E-state index contributed by atoms with van der Waals surface area (Å²) in [6.45, 7) is 4.22. The Morgan fingerprint density at radius 3 is 2.75 bits per heavy atom. The second kappa shape index (κ2) is 5.76. The number of rotatable bonds is 4. The fourth-order valence-corrected chi connectivity index (χ4v) is 3.20. The van der Waals surface area contributed by atoms with Crippen LogP contribution in [0.25, 0.3) is 4.91 Å². The second-order valence-electron chi connectivity index (χ2n) is 3.91. The molecule has 0 aromatic heterocycles. The molecular formula is C13H16ClNS. The summed E-state index contributed by atoms with van der Waals surface area (Å²) in [7, 11) is 0. The summed E-state index contributed by atoms with van der Waals surface area (Å²) in [5.74, 6) is 0. The number of unbranched alkanes of at least 4 members (excludes halogenated alkanes) is 1. The van der Waals surface area contributed by atoms with Crippen molar-refractivity contribution in [3.05, 3.63) is 40.9 Å². The Kier molecular flexibility index (Phi) is 4.33. The van der Waals surface area contributed by atoms with Crippen molar-refractivity contribution in [1.29, 1.82) is 0 Å². The van der Waals surface area contributed by atoms with Crippen molar-refractivity contribution < 1.29 is 0 Å². The first-order valence-corrected chi connectivity index (χ1v) is 6.83. The summed E-state index contributed by atoms with van der Waals surface area (Å²) in [5.41, 5.74) is 1.23. The number of hydrogen-bond donors (Lipinski definition) is 0. The predicted molar refractivity (Wildman–Crippen MR) is 73.3 cm³/mol. The first kappa shape index (κ1) is 12.0. The Morgan fingerprint density at radius 2 is 2.06 bits per heavy atom. The summed E-state index contributed by atoms with van der Waals surface area (Å²) in [6, 6.07) is 10.4. The average Bonchev–Trinajstić information content (AvgIpc) is 2.69. The fraction of sp³-hybridized carbons (Fsp3) is 0.385. The molecule has 0 N–H and O–H groups in total. The zero-order valence-corrected chi connectivity index (χ0v) is 11.0. The molecule has 86 valence electrons. The van der Waals surface area contributed by atoms with Gasteiger partial charge >= 0.3 is 0 Å². The highest BCUT2D eigenvalue weighted by molar-refractivity contribution is 8.06. The quantitative estimate of drug-likeness (QED) is 0.734. The lowest BCUT2D eigenvalue weighted by Crippen LogP contribution is -2.13. The van der Waals surface area contributed by atoms with E-state index in [1.807, 2.05) is 6.07 Å². The van der Waals surface area contributed by atoms with Crippen LogP contribution in [0, 0.1) is 0 Å². The summed E-state index contributed by atoms with van der Waals surface area (Å²) >= 11 is 8.10. The molecule has 0 saturated heterocycles. The summed E-state index contributed by atoms with van der Waals surface area (Å²) in [5, 5.41) is 0.979. The van der Waals surface area contributed by atoms with E-state index < -0.39 is 0 Å². The SMILES string of the molecule is CCCCN1CC(Cl)=C(c2ccccc2)S1. The number of halogens is 1. The van der Waals surface area contributed by atoms with Crippen LogP contribution in [0.4, 0.5) is 0 Å². The van der Waals surface area contributed by atoms with Gasteiger partial charge in [0.15, 0.2) is 0 Å². The first-order chi connectivity index (χ1) is 7.81. The summed E-state index contributed by atoms with van der Waals surface area (Å²) < 4.78 is 2.34. The standard InChI is InChI=1S/C13H16ClNS/c1-2-3-9-15-10-12(14)13(16-15)11-7-5-4-6-8-11/h4-8H,2-3,9-10H2,1H3. The van der Waals surface area contributed by atoms with Crippen molar-refractivity contribution in [2.75, 3.05) is 13.1 Å². The molecule has 16 heavy (non-hydrogen) atoms. The number of benzene rings is 1. The molecule has 0 fully saturated rings.